The lowest BCUT2D eigenvalue weighted by molar-refractivity contribution is -0.171. The van der Waals surface area contributed by atoms with Crippen LogP contribution in [0.2, 0.25) is 0 Å². The van der Waals surface area contributed by atoms with Crippen molar-refractivity contribution in [2.24, 2.45) is 59.2 Å². The van der Waals surface area contributed by atoms with Gasteiger partial charge in [-0.3, -0.25) is 0 Å². The minimum absolute atomic E-state index is 0.120. The van der Waals surface area contributed by atoms with Gasteiger partial charge >= 0.3 is 107 Å². The number of halogens is 18. The Bertz CT molecular complexity index is 3040. The van der Waals surface area contributed by atoms with Gasteiger partial charge in [0.25, 0.3) is 0 Å². The van der Waals surface area contributed by atoms with Crippen LogP contribution < -0.4 is 0 Å². The number of hydrogen-bond donors (Lipinski definition) is 0. The van der Waals surface area contributed by atoms with E-state index in [4.69, 9.17) is 0 Å². The zero-order chi connectivity index (χ0) is 97.7. The third kappa shape index (κ3) is 62.2. The fourth-order valence-electron chi connectivity index (χ4n) is 15.3. The van der Waals surface area contributed by atoms with Gasteiger partial charge in [-0.15, -0.1) is 0 Å². The van der Waals surface area contributed by atoms with E-state index in [0.29, 0.717) is 123 Å². The third-order valence-electron chi connectivity index (χ3n) is 23.8. The van der Waals surface area contributed by atoms with Crippen LogP contribution in [0.1, 0.15) is 365 Å². The molecule has 9 rings (SSSR count). The molecule has 0 aromatic heterocycles. The predicted molar refractivity (Wildman–Crippen MR) is 447 cm³/mol. The Labute approximate surface area is 752 Å². The van der Waals surface area contributed by atoms with E-state index in [-0.39, 0.29) is 71.3 Å². The molecule has 0 aliphatic heterocycles. The van der Waals surface area contributed by atoms with E-state index >= 15 is 0 Å². The Morgan fingerprint density at radius 2 is 0.364 bits per heavy atom. The van der Waals surface area contributed by atoms with Crippen LogP contribution in [-0.2, 0) is 85.8 Å². The first kappa shape index (κ1) is 121. The maximum Gasteiger partial charge on any atom is 0.376 e. The molecule has 9 aliphatic carbocycles. The second kappa shape index (κ2) is 62.5. The normalized spacial score (nSPS) is 19.6. The quantitative estimate of drug-likeness (QED) is 0.0188. The van der Waals surface area contributed by atoms with Crippen LogP contribution >= 0.6 is 0 Å². The molecule has 0 N–H and O–H groups in total. The van der Waals surface area contributed by atoms with Crippen molar-refractivity contribution in [3.8, 4) is 0 Å². The third-order valence-corrected chi connectivity index (χ3v) is 23.8. The molecule has 0 aromatic carbocycles. The fraction of sp³-hybridized carbons (Fsp3) is 0.903. The van der Waals surface area contributed by atoms with E-state index in [9.17, 15) is 122 Å². The average molecular weight is 1900 g/mol. The SMILES string of the molecule is CC(F)(F)C(=O)OCC1CCC1.CC(F)(F)C(=O)OCC1CCCC1.CC(F)(F)C(=O)OCC1CCCCC1.CC(F)(F)C(=O)OCC1CCCCCC1.CC(F)(F)C(=O)OCCC1CCCCC1.CC(F)(F)C(=O)OCCCC1CCCC1.CC(F)(F)C(=O)OCCCC1CCCCC1.CC(F)(F)C(=O)OCCCCC1CCCCC1.CC1CC1COC(=O)C(C)(F)F. The van der Waals surface area contributed by atoms with Gasteiger partial charge < -0.3 is 42.6 Å². The summed E-state index contributed by atoms with van der Waals surface area (Å²) in [5.41, 5.74) is 0. The number of rotatable bonds is 35. The van der Waals surface area contributed by atoms with Crippen LogP contribution in [0.25, 0.3) is 0 Å². The Morgan fingerprint density at radius 3 is 0.574 bits per heavy atom. The number of esters is 9. The van der Waals surface area contributed by atoms with Gasteiger partial charge in [0.15, 0.2) is 0 Å². The first-order valence-electron chi connectivity index (χ1n) is 46.9. The maximum atomic E-state index is 12.5. The van der Waals surface area contributed by atoms with Gasteiger partial charge in [-0.05, 0) is 162 Å². The van der Waals surface area contributed by atoms with Crippen LogP contribution in [0.4, 0.5) is 79.0 Å². The summed E-state index contributed by atoms with van der Waals surface area (Å²) in [6, 6.07) is 0. The monoisotopic (exact) mass is 1900 g/mol. The average Bonchev–Trinajstić information content (AvgIpc) is 1.71. The number of unbranched alkanes of at least 4 members (excludes halogenated alkanes) is 1. The van der Waals surface area contributed by atoms with Crippen molar-refractivity contribution in [1.82, 2.24) is 0 Å². The van der Waals surface area contributed by atoms with Crippen molar-refractivity contribution in [3.05, 3.63) is 0 Å². The molecule has 0 amide bonds. The molecule has 756 valence electrons. The van der Waals surface area contributed by atoms with Crippen LogP contribution in [0.5, 0.6) is 0 Å². The molecule has 129 heavy (non-hydrogen) atoms. The number of alkyl halides is 18. The lowest BCUT2D eigenvalue weighted by atomic mass is 9.86. The molecule has 18 nitrogen and oxygen atoms in total. The lowest BCUT2D eigenvalue weighted by Crippen LogP contribution is -2.30. The minimum Gasteiger partial charge on any atom is -0.461 e. The molecule has 0 saturated heterocycles. The molecule has 0 spiro atoms. The van der Waals surface area contributed by atoms with E-state index in [0.717, 1.165) is 154 Å². The van der Waals surface area contributed by atoms with E-state index in [1.54, 1.807) is 0 Å². The number of hydrogen-bond acceptors (Lipinski definition) is 18. The molecule has 9 aliphatic rings. The van der Waals surface area contributed by atoms with Crippen molar-refractivity contribution < 1.29 is 165 Å². The highest BCUT2D eigenvalue weighted by atomic mass is 19.3. The number of carbonyl (C=O) groups is 9. The van der Waals surface area contributed by atoms with Crippen LogP contribution in [0.15, 0.2) is 0 Å². The summed E-state index contributed by atoms with van der Waals surface area (Å²) in [6.07, 6.45) is 51.1. The summed E-state index contributed by atoms with van der Waals surface area (Å²) < 4.78 is 263. The van der Waals surface area contributed by atoms with E-state index in [1.807, 2.05) is 6.92 Å². The highest BCUT2D eigenvalue weighted by Crippen LogP contribution is 2.39. The van der Waals surface area contributed by atoms with Gasteiger partial charge in [0.05, 0.1) is 59.5 Å². The molecule has 2 atom stereocenters. The Morgan fingerprint density at radius 1 is 0.202 bits per heavy atom. The molecule has 0 radical (unpaired) electrons. The Hall–Kier alpha value is -6.03. The zero-order valence-corrected chi connectivity index (χ0v) is 77.8. The molecule has 0 aromatic rings. The maximum absolute atomic E-state index is 12.5. The fourth-order valence-corrected chi connectivity index (χ4v) is 15.3. The van der Waals surface area contributed by atoms with Crippen molar-refractivity contribution in [3.63, 3.8) is 0 Å². The molecular weight excluding hydrogens is 1750 g/mol. The van der Waals surface area contributed by atoms with Crippen LogP contribution in [0, 0.1) is 59.2 Å². The summed E-state index contributed by atoms with van der Waals surface area (Å²) >= 11 is 0. The second-order valence-corrected chi connectivity index (χ2v) is 37.0. The predicted octanol–water partition coefficient (Wildman–Crippen LogP) is 25.9. The summed E-state index contributed by atoms with van der Waals surface area (Å²) in [7, 11) is 0. The van der Waals surface area contributed by atoms with E-state index in [1.165, 1.54) is 128 Å². The van der Waals surface area contributed by atoms with Crippen molar-refractivity contribution >= 4 is 53.7 Å². The van der Waals surface area contributed by atoms with Gasteiger partial charge in [0.1, 0.15) is 0 Å². The van der Waals surface area contributed by atoms with Gasteiger partial charge in [0, 0.05) is 62.3 Å². The number of carbonyl (C=O) groups excluding carboxylic acids is 9. The highest BCUT2D eigenvalue weighted by molar-refractivity contribution is 5.80. The molecule has 2 unspecified atom stereocenters. The summed E-state index contributed by atoms with van der Waals surface area (Å²) in [4.78, 5) is 96.2. The highest BCUT2D eigenvalue weighted by Gasteiger charge is 2.42. The first-order chi connectivity index (χ1) is 59.9. The summed E-state index contributed by atoms with van der Waals surface area (Å²) in [5.74, 6) is -38.1. The van der Waals surface area contributed by atoms with Crippen molar-refractivity contribution in [2.75, 3.05) is 59.5 Å². The number of ether oxygens (including phenoxy) is 9. The molecule has 36 heteroatoms. The van der Waals surface area contributed by atoms with Crippen molar-refractivity contribution in [2.45, 2.75) is 418 Å². The van der Waals surface area contributed by atoms with Crippen LogP contribution in [0.3, 0.4) is 0 Å². The zero-order valence-electron chi connectivity index (χ0n) is 77.8. The van der Waals surface area contributed by atoms with Gasteiger partial charge in [-0.1, -0.05) is 200 Å². The minimum atomic E-state index is -3.36. The second-order valence-electron chi connectivity index (χ2n) is 37.0. The van der Waals surface area contributed by atoms with E-state index in [2.05, 4.69) is 42.6 Å². The van der Waals surface area contributed by atoms with Crippen molar-refractivity contribution in [1.29, 1.82) is 0 Å². The first-order valence-corrected chi connectivity index (χ1v) is 46.9. The van der Waals surface area contributed by atoms with Gasteiger partial charge in [0.2, 0.25) is 0 Å². The molecule has 0 heterocycles. The summed E-state index contributed by atoms with van der Waals surface area (Å²) in [6.45, 7) is 8.32. The lowest BCUT2D eigenvalue weighted by Gasteiger charge is -2.25. The molecule has 9 saturated carbocycles. The van der Waals surface area contributed by atoms with E-state index < -0.39 is 107 Å². The van der Waals surface area contributed by atoms with Crippen LogP contribution in [-0.4, -0.2) is 166 Å². The molecule has 0 bridgehead atoms. The smallest absolute Gasteiger partial charge is 0.376 e. The topological polar surface area (TPSA) is 237 Å². The molecular formula is C93H150F18O18. The standard InChI is InChI=1S/C13H22F2O2.C12H20F2O2.3C11H18F2O2.C10H16F2O2.C9H14F2O2.2C8H12F2O2/c1-13(14,15)12(16)17-10-6-5-9-11-7-3-2-4-8-11;1-12(13,14)11(15)16-9-5-8-10-6-3-2-4-7-10;1-11(12,13)10(14)15-8-4-7-9-5-2-3-6-9;1-11(12,13)10(14)15-8-7-9-5-3-2-4-6-9;1-11(12,13)10(14)15-8-9-6-4-2-3-5-7-9;1-10(11,12)9(13)14-7-8-5-3-2-4-6-8;1-9(10,11)8(12)13-6-7-4-2-3-5-7;1-5-3-6(5)4-12-7(11)8(2,9)10;1-8(9,10)7(11)12-5-6-3-2-4-6/h11H,2-10H2,1H3;10H,2-9H2,1H3;3*9H,2-8H2,1H3;8H,2-7H2,1H3;7H,2-6H2,1H3;5-6H,3-4H2,1-2H3;6H,2-5H2,1H3. The summed E-state index contributed by atoms with van der Waals surface area (Å²) in [5, 5.41) is 0. The Balaban J connectivity index is 0.000000727. The molecule has 9 fully saturated rings. The Kier molecular flexibility index (Phi) is 58.6. The van der Waals surface area contributed by atoms with Gasteiger partial charge in [-0.2, -0.15) is 79.0 Å². The largest absolute Gasteiger partial charge is 0.461 e. The van der Waals surface area contributed by atoms with Gasteiger partial charge in [-0.25, -0.2) is 43.2 Å².